The molecule has 3 rings (SSSR count). The zero-order chi connectivity index (χ0) is 12.2. The number of nitrogens with one attached hydrogen (secondary N) is 2. The molecule has 0 aliphatic carbocycles. The molecule has 0 radical (unpaired) electrons. The number of hydrogen-bond acceptors (Lipinski definition) is 6. The lowest BCUT2D eigenvalue weighted by Crippen LogP contribution is -2.16. The van der Waals surface area contributed by atoms with Crippen molar-refractivity contribution in [2.75, 3.05) is 11.9 Å². The van der Waals surface area contributed by atoms with Crippen LogP contribution in [0.2, 0.25) is 0 Å². The molecule has 1 saturated heterocycles. The van der Waals surface area contributed by atoms with Crippen molar-refractivity contribution < 1.29 is 0 Å². The van der Waals surface area contributed by atoms with Crippen LogP contribution in [0.25, 0.3) is 0 Å². The molecular formula is C12H14N6. The molecule has 1 fully saturated rings. The fourth-order valence-electron chi connectivity index (χ4n) is 2.10. The molecule has 1 aliphatic rings. The van der Waals surface area contributed by atoms with Gasteiger partial charge in [-0.2, -0.15) is 0 Å². The lowest BCUT2D eigenvalue weighted by Gasteiger charge is -2.14. The molecular weight excluding hydrogens is 228 g/mol. The fraction of sp³-hybridized carbons (Fsp3) is 0.333. The summed E-state index contributed by atoms with van der Waals surface area (Å²) in [5.74, 6) is 1.43. The van der Waals surface area contributed by atoms with Crippen molar-refractivity contribution in [2.45, 2.75) is 18.9 Å². The van der Waals surface area contributed by atoms with Crippen LogP contribution in [-0.2, 0) is 0 Å². The maximum Gasteiger partial charge on any atom is 0.154 e. The Morgan fingerprint density at radius 1 is 1.11 bits per heavy atom. The largest absolute Gasteiger partial charge is 0.322 e. The van der Waals surface area contributed by atoms with Crippen LogP contribution >= 0.6 is 0 Å². The van der Waals surface area contributed by atoms with Crippen LogP contribution in [-0.4, -0.2) is 26.5 Å². The Labute approximate surface area is 105 Å². The van der Waals surface area contributed by atoms with Crippen molar-refractivity contribution >= 4 is 11.6 Å². The Morgan fingerprint density at radius 2 is 2.00 bits per heavy atom. The summed E-state index contributed by atoms with van der Waals surface area (Å²) < 4.78 is 0. The normalized spacial score (nSPS) is 18.8. The standard InChI is InChI=1S/C12H14N6/c1-2-9(14-3-1)11-12(17-7-6-16-11)18-10-8-13-4-5-15-10/h4-9,14H,1-3H2,(H,15,17,18)/t9-/m1/s1. The van der Waals surface area contributed by atoms with Crippen LogP contribution in [0.4, 0.5) is 11.6 Å². The van der Waals surface area contributed by atoms with Gasteiger partial charge in [-0.3, -0.25) is 9.97 Å². The van der Waals surface area contributed by atoms with Crippen LogP contribution in [0.1, 0.15) is 24.6 Å². The Kier molecular flexibility index (Phi) is 3.10. The summed E-state index contributed by atoms with van der Waals surface area (Å²) in [5.41, 5.74) is 0.945. The third kappa shape index (κ3) is 2.28. The Hall–Kier alpha value is -2.08. The van der Waals surface area contributed by atoms with E-state index in [0.29, 0.717) is 5.82 Å². The van der Waals surface area contributed by atoms with E-state index in [1.165, 1.54) is 6.42 Å². The van der Waals surface area contributed by atoms with Gasteiger partial charge in [-0.05, 0) is 19.4 Å². The average molecular weight is 242 g/mol. The van der Waals surface area contributed by atoms with Crippen LogP contribution in [0.15, 0.2) is 31.0 Å². The first kappa shape index (κ1) is 11.0. The van der Waals surface area contributed by atoms with Gasteiger partial charge in [0, 0.05) is 24.8 Å². The second-order valence-corrected chi connectivity index (χ2v) is 4.15. The first-order valence-electron chi connectivity index (χ1n) is 6.01. The highest BCUT2D eigenvalue weighted by Gasteiger charge is 2.21. The van der Waals surface area contributed by atoms with Gasteiger partial charge >= 0.3 is 0 Å². The van der Waals surface area contributed by atoms with Gasteiger partial charge in [0.15, 0.2) is 5.82 Å². The van der Waals surface area contributed by atoms with Crippen molar-refractivity contribution in [1.29, 1.82) is 0 Å². The SMILES string of the molecule is c1cnc(Nc2nccnc2[C@H]2CCCN2)cn1. The van der Waals surface area contributed by atoms with Crippen LogP contribution < -0.4 is 10.6 Å². The van der Waals surface area contributed by atoms with E-state index in [2.05, 4.69) is 30.6 Å². The zero-order valence-corrected chi connectivity index (χ0v) is 9.87. The van der Waals surface area contributed by atoms with Crippen LogP contribution in [0.5, 0.6) is 0 Å². The van der Waals surface area contributed by atoms with E-state index < -0.39 is 0 Å². The Balaban J connectivity index is 1.87. The Bertz CT molecular complexity index is 509. The minimum Gasteiger partial charge on any atom is -0.322 e. The maximum absolute atomic E-state index is 4.42. The van der Waals surface area contributed by atoms with Gasteiger partial charge in [0.1, 0.15) is 5.82 Å². The molecule has 6 nitrogen and oxygen atoms in total. The number of anilines is 2. The van der Waals surface area contributed by atoms with E-state index in [9.17, 15) is 0 Å². The molecule has 0 bridgehead atoms. The summed E-state index contributed by atoms with van der Waals surface area (Å²) in [5, 5.41) is 6.58. The quantitative estimate of drug-likeness (QED) is 0.848. The molecule has 2 aromatic heterocycles. The highest BCUT2D eigenvalue weighted by atomic mass is 15.1. The predicted molar refractivity (Wildman–Crippen MR) is 67.3 cm³/mol. The first-order chi connectivity index (χ1) is 8.93. The second kappa shape index (κ2) is 5.05. The van der Waals surface area contributed by atoms with Crippen LogP contribution in [0, 0.1) is 0 Å². The third-order valence-electron chi connectivity index (χ3n) is 2.93. The summed E-state index contributed by atoms with van der Waals surface area (Å²) in [6.45, 7) is 1.03. The van der Waals surface area contributed by atoms with Gasteiger partial charge in [-0.1, -0.05) is 0 Å². The molecule has 0 amide bonds. The maximum atomic E-state index is 4.42. The van der Waals surface area contributed by atoms with E-state index in [1.807, 2.05) is 0 Å². The summed E-state index contributed by atoms with van der Waals surface area (Å²) in [4.78, 5) is 17.0. The summed E-state index contributed by atoms with van der Waals surface area (Å²) in [6, 6.07) is 0.276. The zero-order valence-electron chi connectivity index (χ0n) is 9.87. The van der Waals surface area contributed by atoms with Gasteiger partial charge in [0.25, 0.3) is 0 Å². The van der Waals surface area contributed by atoms with Crippen LogP contribution in [0.3, 0.4) is 0 Å². The highest BCUT2D eigenvalue weighted by molar-refractivity contribution is 5.53. The molecule has 0 saturated carbocycles. The van der Waals surface area contributed by atoms with Gasteiger partial charge in [-0.15, -0.1) is 0 Å². The van der Waals surface area contributed by atoms with Crippen molar-refractivity contribution in [1.82, 2.24) is 25.3 Å². The number of hydrogen-bond donors (Lipinski definition) is 2. The molecule has 92 valence electrons. The minimum atomic E-state index is 0.276. The molecule has 3 heterocycles. The Morgan fingerprint density at radius 3 is 2.78 bits per heavy atom. The number of nitrogens with zero attached hydrogens (tertiary/aromatic N) is 4. The van der Waals surface area contributed by atoms with Gasteiger partial charge in [-0.25, -0.2) is 9.97 Å². The van der Waals surface area contributed by atoms with Crippen molar-refractivity contribution in [3.63, 3.8) is 0 Å². The lowest BCUT2D eigenvalue weighted by atomic mass is 10.1. The van der Waals surface area contributed by atoms with Gasteiger partial charge in [0.2, 0.25) is 0 Å². The molecule has 2 N–H and O–H groups in total. The molecule has 1 atom stereocenters. The van der Waals surface area contributed by atoms with Gasteiger partial charge < -0.3 is 10.6 Å². The smallest absolute Gasteiger partial charge is 0.154 e. The van der Waals surface area contributed by atoms with E-state index in [-0.39, 0.29) is 6.04 Å². The third-order valence-corrected chi connectivity index (χ3v) is 2.93. The van der Waals surface area contributed by atoms with E-state index in [1.54, 1.807) is 31.0 Å². The van der Waals surface area contributed by atoms with E-state index in [0.717, 1.165) is 24.5 Å². The predicted octanol–water partition coefficient (Wildman–Crippen LogP) is 1.43. The molecule has 0 unspecified atom stereocenters. The topological polar surface area (TPSA) is 75.6 Å². The van der Waals surface area contributed by atoms with E-state index in [4.69, 9.17) is 0 Å². The highest BCUT2D eigenvalue weighted by Crippen LogP contribution is 2.26. The molecule has 0 spiro atoms. The van der Waals surface area contributed by atoms with Crippen molar-refractivity contribution in [3.05, 3.63) is 36.7 Å². The fourth-order valence-corrected chi connectivity index (χ4v) is 2.10. The minimum absolute atomic E-state index is 0.276. The monoisotopic (exact) mass is 242 g/mol. The summed E-state index contributed by atoms with van der Waals surface area (Å²) in [6.07, 6.45) is 10.6. The summed E-state index contributed by atoms with van der Waals surface area (Å²) in [7, 11) is 0. The molecule has 6 heteroatoms. The van der Waals surface area contributed by atoms with E-state index >= 15 is 0 Å². The lowest BCUT2D eigenvalue weighted by molar-refractivity contribution is 0.627. The van der Waals surface area contributed by atoms with Crippen molar-refractivity contribution in [3.8, 4) is 0 Å². The molecule has 1 aliphatic heterocycles. The van der Waals surface area contributed by atoms with Gasteiger partial charge in [0.05, 0.1) is 17.9 Å². The van der Waals surface area contributed by atoms with Crippen molar-refractivity contribution in [2.24, 2.45) is 0 Å². The number of rotatable bonds is 3. The molecule has 18 heavy (non-hydrogen) atoms. The summed E-state index contributed by atoms with van der Waals surface area (Å²) >= 11 is 0. The molecule has 2 aromatic rings. The molecule has 0 aromatic carbocycles. The number of aromatic nitrogens is 4. The second-order valence-electron chi connectivity index (χ2n) is 4.15. The first-order valence-corrected chi connectivity index (χ1v) is 6.01. The average Bonchev–Trinajstić information content (AvgIpc) is 2.94.